The van der Waals surface area contributed by atoms with Gasteiger partial charge in [-0.1, -0.05) is 36.4 Å². The fourth-order valence-electron chi connectivity index (χ4n) is 3.74. The molecule has 9 heteroatoms. The number of benzene rings is 2. The maximum Gasteiger partial charge on any atom is 0.332 e. The molecule has 0 radical (unpaired) electrons. The summed E-state index contributed by atoms with van der Waals surface area (Å²) in [5.74, 6) is 0.982. The van der Waals surface area contributed by atoms with Crippen LogP contribution in [0, 0.1) is 0 Å². The Kier molecular flexibility index (Phi) is 6.83. The van der Waals surface area contributed by atoms with Crippen molar-refractivity contribution in [3.05, 3.63) is 91.4 Å². The van der Waals surface area contributed by atoms with E-state index < -0.39 is 11.2 Å². The minimum atomic E-state index is -0.413. The van der Waals surface area contributed by atoms with Gasteiger partial charge in [0.1, 0.15) is 4.83 Å². The van der Waals surface area contributed by atoms with Gasteiger partial charge in [-0.2, -0.15) is 0 Å². The van der Waals surface area contributed by atoms with Crippen molar-refractivity contribution in [1.29, 1.82) is 0 Å². The number of thiophene rings is 1. The Hall–Kier alpha value is -3.85. The molecule has 2 heterocycles. The Morgan fingerprint density at radius 2 is 1.71 bits per heavy atom. The summed E-state index contributed by atoms with van der Waals surface area (Å²) in [4.78, 5) is 39.5. The molecule has 0 saturated carbocycles. The van der Waals surface area contributed by atoms with Gasteiger partial charge in [0.15, 0.2) is 11.5 Å². The molecule has 4 aromatic rings. The lowest BCUT2D eigenvalue weighted by Crippen LogP contribution is -2.38. The topological polar surface area (TPSA) is 91.6 Å². The van der Waals surface area contributed by atoms with E-state index in [1.165, 1.54) is 9.13 Å². The van der Waals surface area contributed by atoms with Gasteiger partial charge in [-0.05, 0) is 35.7 Å². The lowest BCUT2D eigenvalue weighted by atomic mass is 10.1. The van der Waals surface area contributed by atoms with Crippen molar-refractivity contribution >= 4 is 27.5 Å². The SMILES string of the molecule is COc1ccc(CCNC(=O)c2cc3c(=O)n(Cc4ccccc4)c(=O)n(C)c3s2)cc1OC. The Labute approximate surface area is 200 Å². The minimum absolute atomic E-state index is 0.172. The summed E-state index contributed by atoms with van der Waals surface area (Å²) in [6.45, 7) is 0.574. The normalized spacial score (nSPS) is 10.9. The van der Waals surface area contributed by atoms with E-state index in [1.54, 1.807) is 27.3 Å². The molecule has 34 heavy (non-hydrogen) atoms. The van der Waals surface area contributed by atoms with Crippen molar-refractivity contribution in [3.8, 4) is 11.5 Å². The molecule has 0 unspecified atom stereocenters. The lowest BCUT2D eigenvalue weighted by Gasteiger charge is -2.10. The third-order valence-electron chi connectivity index (χ3n) is 5.56. The van der Waals surface area contributed by atoms with E-state index in [2.05, 4.69) is 5.32 Å². The predicted octanol–water partition coefficient (Wildman–Crippen LogP) is 2.80. The zero-order chi connectivity index (χ0) is 24.2. The zero-order valence-corrected chi connectivity index (χ0v) is 20.0. The van der Waals surface area contributed by atoms with Crippen molar-refractivity contribution in [2.75, 3.05) is 20.8 Å². The molecular weight excluding hydrogens is 454 g/mol. The molecule has 0 bridgehead atoms. The molecular formula is C25H25N3O5S. The largest absolute Gasteiger partial charge is 0.493 e. The van der Waals surface area contributed by atoms with Crippen LogP contribution in [0.25, 0.3) is 10.2 Å². The number of hydrogen-bond donors (Lipinski definition) is 1. The molecule has 0 aliphatic carbocycles. The smallest absolute Gasteiger partial charge is 0.332 e. The van der Waals surface area contributed by atoms with Gasteiger partial charge in [-0.3, -0.25) is 18.7 Å². The summed E-state index contributed by atoms with van der Waals surface area (Å²) < 4.78 is 13.2. The molecule has 1 N–H and O–H groups in total. The second-order valence-corrected chi connectivity index (χ2v) is 8.77. The molecule has 0 atom stereocenters. The van der Waals surface area contributed by atoms with Crippen LogP contribution in [-0.4, -0.2) is 35.8 Å². The fourth-order valence-corrected chi connectivity index (χ4v) is 4.77. The van der Waals surface area contributed by atoms with Crippen LogP contribution in [0.1, 0.15) is 20.8 Å². The number of carbonyl (C=O) groups is 1. The monoisotopic (exact) mass is 479 g/mol. The van der Waals surface area contributed by atoms with Crippen LogP contribution < -0.4 is 26.0 Å². The third-order valence-corrected chi connectivity index (χ3v) is 6.78. The van der Waals surface area contributed by atoms with Crippen LogP contribution >= 0.6 is 11.3 Å². The lowest BCUT2D eigenvalue weighted by molar-refractivity contribution is 0.0958. The number of aryl methyl sites for hydroxylation is 1. The standard InChI is InChI=1S/C25H25N3O5S/c1-27-24-18(23(30)28(25(27)31)15-17-7-5-4-6-8-17)14-21(34-24)22(29)26-12-11-16-9-10-19(32-2)20(13-16)33-3/h4-10,13-14H,11-12,15H2,1-3H3,(H,26,29). The highest BCUT2D eigenvalue weighted by molar-refractivity contribution is 7.20. The van der Waals surface area contributed by atoms with E-state index in [1.807, 2.05) is 48.5 Å². The summed E-state index contributed by atoms with van der Waals surface area (Å²) in [6.07, 6.45) is 0.597. The Morgan fingerprint density at radius 1 is 0.971 bits per heavy atom. The first kappa shape index (κ1) is 23.3. The van der Waals surface area contributed by atoms with E-state index in [0.717, 1.165) is 22.5 Å². The van der Waals surface area contributed by atoms with Crippen molar-refractivity contribution in [3.63, 3.8) is 0 Å². The number of nitrogens with zero attached hydrogens (tertiary/aromatic N) is 2. The van der Waals surface area contributed by atoms with Gasteiger partial charge in [0.2, 0.25) is 0 Å². The first-order chi connectivity index (χ1) is 16.4. The highest BCUT2D eigenvalue weighted by atomic mass is 32.1. The van der Waals surface area contributed by atoms with Gasteiger partial charge in [-0.25, -0.2) is 4.79 Å². The number of rotatable bonds is 8. The van der Waals surface area contributed by atoms with E-state index in [9.17, 15) is 14.4 Å². The van der Waals surface area contributed by atoms with Gasteiger partial charge >= 0.3 is 5.69 Å². The van der Waals surface area contributed by atoms with Crippen LogP contribution in [0.5, 0.6) is 11.5 Å². The van der Waals surface area contributed by atoms with E-state index in [0.29, 0.717) is 39.6 Å². The molecule has 8 nitrogen and oxygen atoms in total. The van der Waals surface area contributed by atoms with Crippen molar-refractivity contribution in [2.45, 2.75) is 13.0 Å². The number of hydrogen-bond acceptors (Lipinski definition) is 6. The van der Waals surface area contributed by atoms with E-state index in [-0.39, 0.29) is 12.5 Å². The summed E-state index contributed by atoms with van der Waals surface area (Å²) in [7, 11) is 4.77. The van der Waals surface area contributed by atoms with Crippen molar-refractivity contribution < 1.29 is 14.3 Å². The Morgan fingerprint density at radius 3 is 2.41 bits per heavy atom. The van der Waals surface area contributed by atoms with Gasteiger partial charge < -0.3 is 14.8 Å². The number of methoxy groups -OCH3 is 2. The molecule has 0 aliphatic rings. The highest BCUT2D eigenvalue weighted by Crippen LogP contribution is 2.27. The zero-order valence-electron chi connectivity index (χ0n) is 19.2. The Bertz CT molecular complexity index is 1450. The van der Waals surface area contributed by atoms with Gasteiger partial charge in [-0.15, -0.1) is 11.3 Å². The summed E-state index contributed by atoms with van der Waals surface area (Å²) >= 11 is 1.13. The fraction of sp³-hybridized carbons (Fsp3) is 0.240. The molecule has 2 aromatic heterocycles. The van der Waals surface area contributed by atoms with Crippen LogP contribution in [0.2, 0.25) is 0 Å². The average molecular weight is 480 g/mol. The van der Waals surface area contributed by atoms with Crippen molar-refractivity contribution in [2.24, 2.45) is 7.05 Å². The second-order valence-electron chi connectivity index (χ2n) is 7.74. The first-order valence-corrected chi connectivity index (χ1v) is 11.5. The van der Waals surface area contributed by atoms with E-state index in [4.69, 9.17) is 9.47 Å². The Balaban J connectivity index is 1.53. The summed E-state index contributed by atoms with van der Waals surface area (Å²) in [6, 6.07) is 16.5. The summed E-state index contributed by atoms with van der Waals surface area (Å²) in [5.41, 5.74) is 1.02. The summed E-state index contributed by atoms with van der Waals surface area (Å²) in [5, 5.41) is 3.24. The molecule has 0 saturated heterocycles. The number of carbonyl (C=O) groups excluding carboxylic acids is 1. The van der Waals surface area contributed by atoms with Gasteiger partial charge in [0.25, 0.3) is 11.5 Å². The third kappa shape index (κ3) is 4.60. The number of aromatic nitrogens is 2. The molecule has 176 valence electrons. The molecule has 2 aromatic carbocycles. The minimum Gasteiger partial charge on any atom is -0.493 e. The van der Waals surface area contributed by atoms with Gasteiger partial charge in [0, 0.05) is 13.6 Å². The molecule has 0 spiro atoms. The molecule has 4 rings (SSSR count). The van der Waals surface area contributed by atoms with Crippen LogP contribution in [0.3, 0.4) is 0 Å². The molecule has 0 fully saturated rings. The number of nitrogens with one attached hydrogen (secondary N) is 1. The van der Waals surface area contributed by atoms with Crippen LogP contribution in [-0.2, 0) is 20.0 Å². The molecule has 1 amide bonds. The van der Waals surface area contributed by atoms with E-state index >= 15 is 0 Å². The van der Waals surface area contributed by atoms with Crippen LogP contribution in [0.15, 0.2) is 64.2 Å². The molecule has 0 aliphatic heterocycles. The van der Waals surface area contributed by atoms with Crippen LogP contribution in [0.4, 0.5) is 0 Å². The van der Waals surface area contributed by atoms with Gasteiger partial charge in [0.05, 0.1) is 31.0 Å². The maximum atomic E-state index is 13.1. The number of fused-ring (bicyclic) bond motifs is 1. The predicted molar refractivity (Wildman–Crippen MR) is 132 cm³/mol. The second kappa shape index (κ2) is 9.96. The first-order valence-electron chi connectivity index (χ1n) is 10.7. The average Bonchev–Trinajstić information content (AvgIpc) is 3.32. The van der Waals surface area contributed by atoms with Crippen molar-refractivity contribution in [1.82, 2.24) is 14.5 Å². The quantitative estimate of drug-likeness (QED) is 0.420. The number of amides is 1. The highest BCUT2D eigenvalue weighted by Gasteiger charge is 2.18. The maximum absolute atomic E-state index is 13.1. The number of ether oxygens (including phenoxy) is 2.